The van der Waals surface area contributed by atoms with Crippen LogP contribution in [0.4, 0.5) is 28.9 Å². The fraction of sp³-hybridized carbons (Fsp3) is 0.207. The molecule has 0 aliphatic heterocycles. The van der Waals surface area contributed by atoms with Crippen molar-refractivity contribution in [1.29, 1.82) is 5.26 Å². The molecular weight excluding hydrogens is 510 g/mol. The molecule has 0 spiro atoms. The van der Waals surface area contributed by atoms with Gasteiger partial charge in [0.25, 0.3) is 5.91 Å². The molecule has 39 heavy (non-hydrogen) atoms. The second kappa shape index (κ2) is 11.9. The molecule has 3 aromatic rings. The van der Waals surface area contributed by atoms with E-state index in [9.17, 15) is 22.4 Å². The molecule has 1 fully saturated rings. The number of allylic oxidation sites excluding steroid dienone is 1. The fourth-order valence-electron chi connectivity index (χ4n) is 3.88. The SMILES string of the molecule is N#Cc1cccc(N=C(C=C(N)C(F)(F)F)C(=O)Nc2cccc(C(NCC3CC3)c3ccccc3F)c2)c1. The van der Waals surface area contributed by atoms with Gasteiger partial charge in [-0.25, -0.2) is 9.38 Å². The highest BCUT2D eigenvalue weighted by Gasteiger charge is 2.32. The zero-order valence-corrected chi connectivity index (χ0v) is 20.7. The summed E-state index contributed by atoms with van der Waals surface area (Å²) in [6.45, 7) is 0.690. The van der Waals surface area contributed by atoms with Crippen LogP contribution < -0.4 is 16.4 Å². The maximum absolute atomic E-state index is 14.7. The summed E-state index contributed by atoms with van der Waals surface area (Å²) in [5.74, 6) is -0.816. The monoisotopic (exact) mass is 535 g/mol. The van der Waals surface area contributed by atoms with Gasteiger partial charge < -0.3 is 16.4 Å². The van der Waals surface area contributed by atoms with Gasteiger partial charge in [0.05, 0.1) is 23.4 Å². The molecule has 10 heteroatoms. The fourth-order valence-corrected chi connectivity index (χ4v) is 3.88. The van der Waals surface area contributed by atoms with E-state index in [0.29, 0.717) is 29.7 Å². The highest BCUT2D eigenvalue weighted by Crippen LogP contribution is 2.31. The van der Waals surface area contributed by atoms with Crippen LogP contribution in [0.15, 0.2) is 89.6 Å². The van der Waals surface area contributed by atoms with Crippen LogP contribution in [-0.2, 0) is 4.79 Å². The first-order chi connectivity index (χ1) is 18.6. The number of benzene rings is 3. The van der Waals surface area contributed by atoms with Gasteiger partial charge in [0.15, 0.2) is 0 Å². The summed E-state index contributed by atoms with van der Waals surface area (Å²) in [6.07, 6.45) is -2.24. The summed E-state index contributed by atoms with van der Waals surface area (Å²) < 4.78 is 54.2. The zero-order valence-electron chi connectivity index (χ0n) is 20.7. The number of anilines is 1. The van der Waals surface area contributed by atoms with Crippen LogP contribution in [0.1, 0.15) is 35.6 Å². The molecule has 0 aromatic heterocycles. The van der Waals surface area contributed by atoms with Crippen LogP contribution in [0.25, 0.3) is 0 Å². The number of rotatable bonds is 9. The van der Waals surface area contributed by atoms with Crippen molar-refractivity contribution in [3.8, 4) is 6.07 Å². The average Bonchev–Trinajstić information content (AvgIpc) is 3.74. The summed E-state index contributed by atoms with van der Waals surface area (Å²) in [5, 5.41) is 15.1. The van der Waals surface area contributed by atoms with Gasteiger partial charge in [0.2, 0.25) is 0 Å². The first kappa shape index (κ1) is 27.5. The molecule has 1 amide bonds. The van der Waals surface area contributed by atoms with E-state index in [0.717, 1.165) is 12.8 Å². The molecular formula is C29H25F4N5O. The Balaban J connectivity index is 1.65. The van der Waals surface area contributed by atoms with E-state index in [2.05, 4.69) is 15.6 Å². The second-order valence-electron chi connectivity index (χ2n) is 9.14. The molecule has 0 heterocycles. The Labute approximate surface area is 222 Å². The molecule has 0 radical (unpaired) electrons. The van der Waals surface area contributed by atoms with Gasteiger partial charge in [0.1, 0.15) is 17.2 Å². The normalized spacial score (nSPS) is 14.9. The minimum atomic E-state index is -4.88. The number of nitriles is 1. The van der Waals surface area contributed by atoms with Gasteiger partial charge >= 0.3 is 6.18 Å². The third kappa shape index (κ3) is 7.52. The lowest BCUT2D eigenvalue weighted by Gasteiger charge is -2.21. The Morgan fingerprint density at radius 2 is 1.85 bits per heavy atom. The highest BCUT2D eigenvalue weighted by molar-refractivity contribution is 6.47. The van der Waals surface area contributed by atoms with Gasteiger partial charge in [-0.3, -0.25) is 4.79 Å². The first-order valence-electron chi connectivity index (χ1n) is 12.2. The summed E-state index contributed by atoms with van der Waals surface area (Å²) in [5.41, 5.74) is 4.73. The van der Waals surface area contributed by atoms with Crippen molar-refractivity contribution < 1.29 is 22.4 Å². The molecule has 6 nitrogen and oxygen atoms in total. The maximum Gasteiger partial charge on any atom is 0.430 e. The third-order valence-electron chi connectivity index (χ3n) is 6.08. The van der Waals surface area contributed by atoms with E-state index >= 15 is 0 Å². The number of alkyl halides is 3. The van der Waals surface area contributed by atoms with E-state index in [-0.39, 0.29) is 22.8 Å². The number of amides is 1. The number of nitrogens with two attached hydrogens (primary N) is 1. The number of nitrogens with one attached hydrogen (secondary N) is 2. The summed E-state index contributed by atoms with van der Waals surface area (Å²) in [7, 11) is 0. The lowest BCUT2D eigenvalue weighted by Crippen LogP contribution is -2.27. The van der Waals surface area contributed by atoms with Crippen LogP contribution in [0.5, 0.6) is 0 Å². The zero-order chi connectivity index (χ0) is 28.0. The minimum absolute atomic E-state index is 0.100. The minimum Gasteiger partial charge on any atom is -0.395 e. The number of carbonyl (C=O) groups is 1. The van der Waals surface area contributed by atoms with Crippen LogP contribution in [-0.4, -0.2) is 24.3 Å². The van der Waals surface area contributed by atoms with E-state index in [1.807, 2.05) is 6.07 Å². The number of carbonyl (C=O) groups excluding carboxylic acids is 1. The molecule has 1 aliphatic rings. The predicted octanol–water partition coefficient (Wildman–Crippen LogP) is 5.90. The Morgan fingerprint density at radius 1 is 1.10 bits per heavy atom. The van der Waals surface area contributed by atoms with Gasteiger partial charge in [-0.15, -0.1) is 0 Å². The van der Waals surface area contributed by atoms with Crippen molar-refractivity contribution in [3.63, 3.8) is 0 Å². The number of hydrogen-bond acceptors (Lipinski definition) is 5. The molecule has 0 saturated heterocycles. The van der Waals surface area contributed by atoms with Crippen molar-refractivity contribution in [2.75, 3.05) is 11.9 Å². The van der Waals surface area contributed by atoms with Crippen molar-refractivity contribution in [2.24, 2.45) is 16.6 Å². The average molecular weight is 536 g/mol. The molecule has 1 saturated carbocycles. The lowest BCUT2D eigenvalue weighted by atomic mass is 9.97. The van der Waals surface area contributed by atoms with Crippen molar-refractivity contribution >= 4 is 23.0 Å². The number of nitrogens with zero attached hydrogens (tertiary/aromatic N) is 2. The molecule has 200 valence electrons. The summed E-state index contributed by atoms with van der Waals surface area (Å²) >= 11 is 0. The number of aliphatic imine (C=N–C) groups is 1. The third-order valence-corrected chi connectivity index (χ3v) is 6.08. The molecule has 1 aliphatic carbocycles. The quantitative estimate of drug-likeness (QED) is 0.234. The van der Waals surface area contributed by atoms with E-state index in [4.69, 9.17) is 11.0 Å². The van der Waals surface area contributed by atoms with Crippen molar-refractivity contribution in [2.45, 2.75) is 25.1 Å². The van der Waals surface area contributed by atoms with Gasteiger partial charge in [-0.1, -0.05) is 36.4 Å². The number of halogens is 4. The Kier molecular flexibility index (Phi) is 8.42. The van der Waals surface area contributed by atoms with E-state index in [1.54, 1.807) is 42.5 Å². The number of hydrogen-bond donors (Lipinski definition) is 3. The molecule has 1 atom stereocenters. The van der Waals surface area contributed by atoms with Crippen LogP contribution in [0, 0.1) is 23.1 Å². The highest BCUT2D eigenvalue weighted by atomic mass is 19.4. The first-order valence-corrected chi connectivity index (χ1v) is 12.2. The molecule has 3 aromatic carbocycles. The van der Waals surface area contributed by atoms with Crippen molar-refractivity contribution in [1.82, 2.24) is 5.32 Å². The Bertz CT molecular complexity index is 1450. The van der Waals surface area contributed by atoms with Gasteiger partial charge in [0, 0.05) is 11.3 Å². The standard InChI is InChI=1S/C29H25F4N5O/c30-24-10-2-1-9-23(24)27(36-17-18-11-12-18)20-6-4-8-22(14-20)38-28(39)25(15-26(35)29(31,32)33)37-21-7-3-5-19(13-21)16-34/h1-10,13-15,18,27,36H,11-12,17,35H2,(H,38,39). The Morgan fingerprint density at radius 3 is 2.54 bits per heavy atom. The van der Waals surface area contributed by atoms with Gasteiger partial charge in [-0.05, 0) is 73.3 Å². The van der Waals surface area contributed by atoms with Gasteiger partial charge in [-0.2, -0.15) is 18.4 Å². The van der Waals surface area contributed by atoms with E-state index in [1.165, 1.54) is 30.3 Å². The maximum atomic E-state index is 14.7. The summed E-state index contributed by atoms with van der Waals surface area (Å²) in [6, 6.07) is 20.1. The van der Waals surface area contributed by atoms with Crippen LogP contribution in [0.3, 0.4) is 0 Å². The van der Waals surface area contributed by atoms with Crippen LogP contribution in [0.2, 0.25) is 0 Å². The van der Waals surface area contributed by atoms with Crippen molar-refractivity contribution in [3.05, 3.63) is 107 Å². The molecule has 1 unspecified atom stereocenters. The summed E-state index contributed by atoms with van der Waals surface area (Å²) in [4.78, 5) is 17.1. The lowest BCUT2D eigenvalue weighted by molar-refractivity contribution is -0.110. The molecule has 4 N–H and O–H groups in total. The smallest absolute Gasteiger partial charge is 0.395 e. The Hall–Kier alpha value is -4.49. The van der Waals surface area contributed by atoms with Crippen LogP contribution >= 0.6 is 0 Å². The topological polar surface area (TPSA) is 103 Å². The molecule has 0 bridgehead atoms. The molecule has 4 rings (SSSR count). The predicted molar refractivity (Wildman–Crippen MR) is 141 cm³/mol. The largest absolute Gasteiger partial charge is 0.430 e. The van der Waals surface area contributed by atoms with E-state index < -0.39 is 29.5 Å². The second-order valence-corrected chi connectivity index (χ2v) is 9.14.